The molecule has 5 aromatic rings. The van der Waals surface area contributed by atoms with Crippen molar-refractivity contribution in [2.45, 2.75) is 37.8 Å². The van der Waals surface area contributed by atoms with Gasteiger partial charge in [-0.15, -0.1) is 5.10 Å². The first kappa shape index (κ1) is 46.2. The molecule has 0 spiro atoms. The summed E-state index contributed by atoms with van der Waals surface area (Å²) >= 11 is 0. The van der Waals surface area contributed by atoms with Crippen molar-refractivity contribution in [2.75, 3.05) is 107 Å². The van der Waals surface area contributed by atoms with Crippen LogP contribution in [-0.2, 0) is 28.6 Å². The molecule has 356 valence electrons. The standard InChI is InChI=1S/C48H54FN11O8/c49-33-6-1-5-32(29-33)37-10-4-18-58(37)42-14-13-40-52-30-39(60(40)55-42)35-8-3-11-41(53-35)57-21-19-56(20-22-57)31-44(62)51-17-24-67-26-28-68-27-25-66-23-16-50-36-9-2-7-34-45(36)48(65)59(47(34)64)38-12-15-43(61)54-46(38)63/h1-3,5-9,11,13-14,29-30,37-38,50H,4,10,12,15-28,31H2,(H,51,62)(H,54,61,63)/t37-,38?/m1/s1. The van der Waals surface area contributed by atoms with Gasteiger partial charge in [0.05, 0.1) is 75.2 Å². The van der Waals surface area contributed by atoms with Gasteiger partial charge in [-0.25, -0.2) is 18.9 Å². The molecule has 5 amide bonds. The Bertz CT molecular complexity index is 2660. The molecule has 3 N–H and O–H groups in total. The lowest BCUT2D eigenvalue weighted by atomic mass is 10.0. The Hall–Kier alpha value is -6.87. The Morgan fingerprint density at radius 1 is 0.779 bits per heavy atom. The van der Waals surface area contributed by atoms with Gasteiger partial charge in [-0.05, 0) is 73.4 Å². The van der Waals surface area contributed by atoms with Crippen LogP contribution in [0.3, 0.4) is 0 Å². The van der Waals surface area contributed by atoms with E-state index in [1.54, 1.807) is 36.5 Å². The second kappa shape index (κ2) is 21.4. The smallest absolute Gasteiger partial charge is 0.264 e. The zero-order chi connectivity index (χ0) is 47.0. The Labute approximate surface area is 391 Å². The van der Waals surface area contributed by atoms with E-state index in [-0.39, 0.29) is 41.7 Å². The quantitative estimate of drug-likeness (QED) is 0.0758. The van der Waals surface area contributed by atoms with Gasteiger partial charge in [0.15, 0.2) is 5.65 Å². The normalized spacial score (nSPS) is 18.7. The third-order valence-electron chi connectivity index (χ3n) is 12.5. The van der Waals surface area contributed by atoms with Gasteiger partial charge in [-0.3, -0.25) is 39.1 Å². The lowest BCUT2D eigenvalue weighted by Gasteiger charge is -2.35. The number of fused-ring (bicyclic) bond motifs is 2. The number of ether oxygens (including phenoxy) is 3. The number of amides is 5. The number of pyridine rings is 1. The van der Waals surface area contributed by atoms with Crippen LogP contribution in [0.4, 0.5) is 21.7 Å². The van der Waals surface area contributed by atoms with Crippen LogP contribution in [0.5, 0.6) is 0 Å². The molecule has 0 radical (unpaired) electrons. The van der Waals surface area contributed by atoms with Crippen molar-refractivity contribution in [1.82, 2.24) is 40.0 Å². The van der Waals surface area contributed by atoms with Crippen molar-refractivity contribution < 1.29 is 42.6 Å². The number of halogens is 1. The summed E-state index contributed by atoms with van der Waals surface area (Å²) in [7, 11) is 0. The predicted octanol–water partition coefficient (Wildman–Crippen LogP) is 3.07. The molecular weight excluding hydrogens is 878 g/mol. The Kier molecular flexibility index (Phi) is 14.6. The number of nitrogens with one attached hydrogen (secondary N) is 3. The number of anilines is 3. The van der Waals surface area contributed by atoms with E-state index in [1.165, 1.54) is 6.07 Å². The van der Waals surface area contributed by atoms with E-state index in [2.05, 4.69) is 35.6 Å². The van der Waals surface area contributed by atoms with Crippen molar-refractivity contribution in [2.24, 2.45) is 0 Å². The molecule has 1 unspecified atom stereocenters. The summed E-state index contributed by atoms with van der Waals surface area (Å²) in [6.07, 6.45) is 3.86. The number of imidazole rings is 1. The largest absolute Gasteiger partial charge is 0.382 e. The SMILES string of the molecule is O=C(CN1CCN(c2cccc(-c3cnc4ccc(N5CCC[C@@H]5c5cccc(F)c5)nn34)n2)CC1)NCCOCCOCCOCCNc1cccc2c1C(=O)N(C1CCC(=O)NC1=O)C2=O. The van der Waals surface area contributed by atoms with Gasteiger partial charge >= 0.3 is 0 Å². The maximum absolute atomic E-state index is 14.1. The Morgan fingerprint density at radius 2 is 1.54 bits per heavy atom. The van der Waals surface area contributed by atoms with Crippen LogP contribution in [0, 0.1) is 5.82 Å². The van der Waals surface area contributed by atoms with Crippen LogP contribution < -0.4 is 25.8 Å². The molecule has 0 bridgehead atoms. The number of aromatic nitrogens is 4. The zero-order valence-corrected chi connectivity index (χ0v) is 37.6. The van der Waals surface area contributed by atoms with Crippen LogP contribution in [-0.4, -0.2) is 157 Å². The number of hydrogen-bond acceptors (Lipinski definition) is 15. The zero-order valence-electron chi connectivity index (χ0n) is 37.6. The monoisotopic (exact) mass is 931 g/mol. The van der Waals surface area contributed by atoms with E-state index >= 15 is 0 Å². The molecule has 3 saturated heterocycles. The molecular formula is C48H54FN11O8. The van der Waals surface area contributed by atoms with Crippen molar-refractivity contribution in [3.63, 3.8) is 0 Å². The summed E-state index contributed by atoms with van der Waals surface area (Å²) < 4.78 is 32.8. The van der Waals surface area contributed by atoms with Crippen molar-refractivity contribution in [1.29, 1.82) is 0 Å². The molecule has 4 aliphatic rings. The highest BCUT2D eigenvalue weighted by Gasteiger charge is 2.45. The fourth-order valence-electron chi connectivity index (χ4n) is 9.15. The lowest BCUT2D eigenvalue weighted by molar-refractivity contribution is -0.136. The molecule has 2 aromatic carbocycles. The average Bonchev–Trinajstić information content (AvgIpc) is 4.07. The number of carbonyl (C=O) groups excluding carboxylic acids is 5. The van der Waals surface area contributed by atoms with E-state index in [4.69, 9.17) is 24.3 Å². The van der Waals surface area contributed by atoms with Crippen molar-refractivity contribution in [3.05, 3.63) is 102 Å². The number of piperidine rings is 1. The van der Waals surface area contributed by atoms with Crippen LogP contribution in [0.2, 0.25) is 0 Å². The van der Waals surface area contributed by atoms with Crippen LogP contribution in [0.15, 0.2) is 79.0 Å². The van der Waals surface area contributed by atoms with Gasteiger partial charge in [-0.2, -0.15) is 0 Å². The van der Waals surface area contributed by atoms with E-state index < -0.39 is 29.7 Å². The average molecular weight is 932 g/mol. The third kappa shape index (κ3) is 10.5. The topological polar surface area (TPSA) is 205 Å². The first-order chi connectivity index (χ1) is 33.2. The van der Waals surface area contributed by atoms with Gasteiger partial charge in [-0.1, -0.05) is 24.3 Å². The second-order valence-electron chi connectivity index (χ2n) is 16.9. The number of piperazine rings is 1. The second-order valence-corrected chi connectivity index (χ2v) is 16.9. The lowest BCUT2D eigenvalue weighted by Crippen LogP contribution is -2.54. The minimum Gasteiger partial charge on any atom is -0.382 e. The Morgan fingerprint density at radius 3 is 2.34 bits per heavy atom. The summed E-state index contributed by atoms with van der Waals surface area (Å²) in [4.78, 5) is 80.1. The fourth-order valence-corrected chi connectivity index (χ4v) is 9.15. The molecule has 3 fully saturated rings. The molecule has 2 atom stereocenters. The number of rotatable bonds is 20. The van der Waals surface area contributed by atoms with Crippen LogP contribution >= 0.6 is 0 Å². The highest BCUT2D eigenvalue weighted by atomic mass is 19.1. The third-order valence-corrected chi connectivity index (χ3v) is 12.5. The highest BCUT2D eigenvalue weighted by Crippen LogP contribution is 2.36. The molecule has 0 saturated carbocycles. The summed E-state index contributed by atoms with van der Waals surface area (Å²) in [6, 6.07) is 20.6. The molecule has 7 heterocycles. The molecule has 20 heteroatoms. The number of hydrogen-bond donors (Lipinski definition) is 3. The van der Waals surface area contributed by atoms with E-state index in [1.807, 2.05) is 40.9 Å². The predicted molar refractivity (Wildman–Crippen MR) is 248 cm³/mol. The van der Waals surface area contributed by atoms with Crippen molar-refractivity contribution in [3.8, 4) is 11.4 Å². The summed E-state index contributed by atoms with van der Waals surface area (Å²) in [5.41, 5.74) is 4.07. The number of benzene rings is 2. The molecule has 19 nitrogen and oxygen atoms in total. The summed E-state index contributed by atoms with van der Waals surface area (Å²) in [5.74, 6) is -0.854. The number of carbonyl (C=O) groups is 5. The molecule has 4 aliphatic heterocycles. The summed E-state index contributed by atoms with van der Waals surface area (Å²) in [6.45, 7) is 6.81. The van der Waals surface area contributed by atoms with E-state index in [0.29, 0.717) is 83.7 Å². The Balaban J connectivity index is 0.630. The van der Waals surface area contributed by atoms with Gasteiger partial charge in [0.1, 0.15) is 29.2 Å². The number of imide groups is 2. The molecule has 9 rings (SSSR count). The minimum absolute atomic E-state index is 0.0471. The molecule has 0 aliphatic carbocycles. The maximum atomic E-state index is 14.1. The van der Waals surface area contributed by atoms with Gasteiger partial charge in [0, 0.05) is 57.9 Å². The minimum atomic E-state index is -1.03. The van der Waals surface area contributed by atoms with Gasteiger partial charge in [0.2, 0.25) is 17.7 Å². The molecule has 68 heavy (non-hydrogen) atoms. The fraction of sp³-hybridized carbons (Fsp3) is 0.417. The number of nitrogens with zero attached hydrogens (tertiary/aromatic N) is 8. The van der Waals surface area contributed by atoms with E-state index in [9.17, 15) is 28.4 Å². The first-order valence-electron chi connectivity index (χ1n) is 23.1. The van der Waals surface area contributed by atoms with Gasteiger partial charge < -0.3 is 34.6 Å². The van der Waals surface area contributed by atoms with E-state index in [0.717, 1.165) is 66.0 Å². The van der Waals surface area contributed by atoms with Gasteiger partial charge in [0.25, 0.3) is 11.8 Å². The van der Waals surface area contributed by atoms with Crippen molar-refractivity contribution >= 4 is 52.5 Å². The maximum Gasteiger partial charge on any atom is 0.264 e. The highest BCUT2D eigenvalue weighted by molar-refractivity contribution is 6.25. The summed E-state index contributed by atoms with van der Waals surface area (Å²) in [5, 5.41) is 13.3. The van der Waals surface area contributed by atoms with Crippen LogP contribution in [0.25, 0.3) is 17.0 Å². The first-order valence-corrected chi connectivity index (χ1v) is 23.1. The van der Waals surface area contributed by atoms with Crippen LogP contribution in [0.1, 0.15) is 58.0 Å². The molecule has 3 aromatic heterocycles.